The van der Waals surface area contributed by atoms with E-state index < -0.39 is 0 Å². The van der Waals surface area contributed by atoms with Gasteiger partial charge in [-0.3, -0.25) is 4.79 Å². The maximum absolute atomic E-state index is 12.0. The van der Waals surface area contributed by atoms with Gasteiger partial charge < -0.3 is 10.6 Å². The molecule has 18 heavy (non-hydrogen) atoms. The van der Waals surface area contributed by atoms with Crippen molar-refractivity contribution in [2.45, 2.75) is 12.8 Å². The Morgan fingerprint density at radius 2 is 2.06 bits per heavy atom. The standard InChI is InChI=1S/C13H16Cl2N2O/c14-10-1-2-12(15)11(7-10)13(18)17-8-9-3-5-16-6-4-9/h1-2,7,9,16H,3-6,8H2,(H,17,18). The first kappa shape index (κ1) is 13.7. The molecule has 98 valence electrons. The van der Waals surface area contributed by atoms with E-state index in [1.165, 1.54) is 0 Å². The Bertz CT molecular complexity index is 431. The van der Waals surface area contributed by atoms with Crippen LogP contribution in [0.2, 0.25) is 10.0 Å². The minimum atomic E-state index is -0.152. The molecule has 0 radical (unpaired) electrons. The van der Waals surface area contributed by atoms with Crippen molar-refractivity contribution in [1.29, 1.82) is 0 Å². The minimum absolute atomic E-state index is 0.152. The number of hydrogen-bond acceptors (Lipinski definition) is 2. The van der Waals surface area contributed by atoms with Gasteiger partial charge in [0.15, 0.2) is 0 Å². The van der Waals surface area contributed by atoms with E-state index in [1.807, 2.05) is 0 Å². The van der Waals surface area contributed by atoms with Gasteiger partial charge in [0, 0.05) is 11.6 Å². The Hall–Kier alpha value is -0.770. The van der Waals surface area contributed by atoms with Crippen molar-refractivity contribution in [1.82, 2.24) is 10.6 Å². The molecule has 1 aliphatic heterocycles. The van der Waals surface area contributed by atoms with E-state index in [9.17, 15) is 4.79 Å². The van der Waals surface area contributed by atoms with E-state index in [0.717, 1.165) is 25.9 Å². The van der Waals surface area contributed by atoms with Gasteiger partial charge in [-0.15, -0.1) is 0 Å². The van der Waals surface area contributed by atoms with Crippen LogP contribution in [0.4, 0.5) is 0 Å². The number of carbonyl (C=O) groups excluding carboxylic acids is 1. The number of nitrogens with one attached hydrogen (secondary N) is 2. The summed E-state index contributed by atoms with van der Waals surface area (Å²) in [5, 5.41) is 7.18. The van der Waals surface area contributed by atoms with Gasteiger partial charge in [-0.1, -0.05) is 23.2 Å². The van der Waals surface area contributed by atoms with Crippen molar-refractivity contribution in [2.75, 3.05) is 19.6 Å². The highest BCUT2D eigenvalue weighted by atomic mass is 35.5. The molecule has 1 aromatic carbocycles. The molecule has 1 aliphatic rings. The van der Waals surface area contributed by atoms with Crippen LogP contribution >= 0.6 is 23.2 Å². The highest BCUT2D eigenvalue weighted by molar-refractivity contribution is 6.35. The van der Waals surface area contributed by atoms with Crippen molar-refractivity contribution in [2.24, 2.45) is 5.92 Å². The summed E-state index contributed by atoms with van der Waals surface area (Å²) in [5.74, 6) is 0.397. The highest BCUT2D eigenvalue weighted by Crippen LogP contribution is 2.20. The van der Waals surface area contributed by atoms with E-state index >= 15 is 0 Å². The molecule has 3 nitrogen and oxygen atoms in total. The second-order valence-electron chi connectivity index (χ2n) is 4.53. The van der Waals surface area contributed by atoms with Crippen molar-refractivity contribution in [3.63, 3.8) is 0 Å². The molecule has 0 aliphatic carbocycles. The average molecular weight is 287 g/mol. The van der Waals surface area contributed by atoms with Crippen LogP contribution in [0.15, 0.2) is 18.2 Å². The molecule has 1 amide bonds. The molecule has 0 atom stereocenters. The summed E-state index contributed by atoms with van der Waals surface area (Å²) < 4.78 is 0. The summed E-state index contributed by atoms with van der Waals surface area (Å²) >= 11 is 11.8. The molecule has 2 N–H and O–H groups in total. The molecule has 0 saturated carbocycles. The molecule has 2 rings (SSSR count). The van der Waals surface area contributed by atoms with Crippen LogP contribution in [0.5, 0.6) is 0 Å². The number of halogens is 2. The summed E-state index contributed by atoms with van der Waals surface area (Å²) in [7, 11) is 0. The van der Waals surface area contributed by atoms with Crippen molar-refractivity contribution >= 4 is 29.1 Å². The maximum Gasteiger partial charge on any atom is 0.252 e. The number of benzene rings is 1. The highest BCUT2D eigenvalue weighted by Gasteiger charge is 2.16. The lowest BCUT2D eigenvalue weighted by atomic mass is 9.98. The zero-order valence-corrected chi connectivity index (χ0v) is 11.5. The first-order chi connectivity index (χ1) is 8.66. The molecule has 1 saturated heterocycles. The largest absolute Gasteiger partial charge is 0.352 e. The Morgan fingerprint density at radius 3 is 2.78 bits per heavy atom. The lowest BCUT2D eigenvalue weighted by Gasteiger charge is -2.22. The SMILES string of the molecule is O=C(NCC1CCNCC1)c1cc(Cl)ccc1Cl. The van der Waals surface area contributed by atoms with Crippen LogP contribution in [-0.4, -0.2) is 25.5 Å². The van der Waals surface area contributed by atoms with Crippen molar-refractivity contribution in [3.8, 4) is 0 Å². The first-order valence-corrected chi connectivity index (χ1v) is 6.86. The molecular weight excluding hydrogens is 271 g/mol. The van der Waals surface area contributed by atoms with Crippen LogP contribution in [0, 0.1) is 5.92 Å². The molecule has 5 heteroatoms. The fourth-order valence-electron chi connectivity index (χ4n) is 2.09. The third-order valence-corrected chi connectivity index (χ3v) is 3.75. The van der Waals surface area contributed by atoms with E-state index in [4.69, 9.17) is 23.2 Å². The normalized spacial score (nSPS) is 16.6. The molecular formula is C13H16Cl2N2O. The summed E-state index contributed by atoms with van der Waals surface area (Å²) in [6, 6.07) is 4.92. The Labute approximate surface area is 117 Å². The second-order valence-corrected chi connectivity index (χ2v) is 5.37. The quantitative estimate of drug-likeness (QED) is 0.897. The molecule has 0 spiro atoms. The van der Waals surface area contributed by atoms with E-state index in [2.05, 4.69) is 10.6 Å². The lowest BCUT2D eigenvalue weighted by Crippen LogP contribution is -2.36. The van der Waals surface area contributed by atoms with Gasteiger partial charge in [0.1, 0.15) is 0 Å². The molecule has 0 unspecified atom stereocenters. The van der Waals surface area contributed by atoms with E-state index in [1.54, 1.807) is 18.2 Å². The Kier molecular flexibility index (Phi) is 4.87. The zero-order chi connectivity index (χ0) is 13.0. The third-order valence-electron chi connectivity index (χ3n) is 3.18. The van der Waals surface area contributed by atoms with E-state index in [0.29, 0.717) is 28.1 Å². The number of amides is 1. The van der Waals surface area contributed by atoms with Crippen LogP contribution in [-0.2, 0) is 0 Å². The van der Waals surface area contributed by atoms with Gasteiger partial charge in [-0.2, -0.15) is 0 Å². The number of piperidine rings is 1. The minimum Gasteiger partial charge on any atom is -0.352 e. The summed E-state index contributed by atoms with van der Waals surface area (Å²) in [6.45, 7) is 2.75. The van der Waals surface area contributed by atoms with Gasteiger partial charge in [0.25, 0.3) is 5.91 Å². The molecule has 0 bridgehead atoms. The number of rotatable bonds is 3. The third kappa shape index (κ3) is 3.61. The fraction of sp³-hybridized carbons (Fsp3) is 0.462. The Balaban J connectivity index is 1.92. The number of carbonyl (C=O) groups is 1. The van der Waals surface area contributed by atoms with Crippen molar-refractivity contribution < 1.29 is 4.79 Å². The molecule has 1 heterocycles. The van der Waals surface area contributed by atoms with Gasteiger partial charge in [0.2, 0.25) is 0 Å². The van der Waals surface area contributed by atoms with Gasteiger partial charge in [-0.05, 0) is 50.0 Å². The lowest BCUT2D eigenvalue weighted by molar-refractivity contribution is 0.0944. The monoisotopic (exact) mass is 286 g/mol. The first-order valence-electron chi connectivity index (χ1n) is 6.11. The molecule has 1 fully saturated rings. The summed E-state index contributed by atoms with van der Waals surface area (Å²) in [4.78, 5) is 12.0. The van der Waals surface area contributed by atoms with Gasteiger partial charge in [-0.25, -0.2) is 0 Å². The molecule has 0 aromatic heterocycles. The summed E-state index contributed by atoms with van der Waals surface area (Å²) in [6.07, 6.45) is 2.20. The topological polar surface area (TPSA) is 41.1 Å². The maximum atomic E-state index is 12.0. The van der Waals surface area contributed by atoms with Crippen LogP contribution in [0.1, 0.15) is 23.2 Å². The fourth-order valence-corrected chi connectivity index (χ4v) is 2.47. The number of hydrogen-bond donors (Lipinski definition) is 2. The zero-order valence-electron chi connectivity index (χ0n) is 10.0. The summed E-state index contributed by atoms with van der Waals surface area (Å²) in [5.41, 5.74) is 0.443. The average Bonchev–Trinajstić information content (AvgIpc) is 2.40. The van der Waals surface area contributed by atoms with Gasteiger partial charge >= 0.3 is 0 Å². The van der Waals surface area contributed by atoms with Crippen LogP contribution in [0.25, 0.3) is 0 Å². The van der Waals surface area contributed by atoms with Crippen LogP contribution < -0.4 is 10.6 Å². The predicted octanol–water partition coefficient (Wildman–Crippen LogP) is 2.72. The van der Waals surface area contributed by atoms with Gasteiger partial charge in [0.05, 0.1) is 10.6 Å². The second kappa shape index (κ2) is 6.41. The van der Waals surface area contributed by atoms with Crippen LogP contribution in [0.3, 0.4) is 0 Å². The smallest absolute Gasteiger partial charge is 0.252 e. The predicted molar refractivity (Wildman–Crippen MR) is 74.4 cm³/mol. The van der Waals surface area contributed by atoms with Crippen molar-refractivity contribution in [3.05, 3.63) is 33.8 Å². The Morgan fingerprint density at radius 1 is 1.33 bits per heavy atom. The van der Waals surface area contributed by atoms with E-state index in [-0.39, 0.29) is 5.91 Å². The molecule has 1 aromatic rings.